The minimum Gasteiger partial charge on any atom is -0.376 e. The Morgan fingerprint density at radius 2 is 1.83 bits per heavy atom. The summed E-state index contributed by atoms with van der Waals surface area (Å²) in [4.78, 5) is 0. The van der Waals surface area contributed by atoms with Crippen molar-refractivity contribution in [1.29, 1.82) is 0 Å². The molecule has 0 aliphatic carbocycles. The Labute approximate surface area is 112 Å². The lowest BCUT2D eigenvalue weighted by atomic mass is 10.1. The summed E-state index contributed by atoms with van der Waals surface area (Å²) in [5, 5.41) is 3.50. The van der Waals surface area contributed by atoms with Crippen LogP contribution in [0.3, 0.4) is 0 Å². The number of hydrogen-bond acceptors (Lipinski definition) is 2. The third kappa shape index (κ3) is 6.77. The molecule has 1 aromatic carbocycles. The van der Waals surface area contributed by atoms with Crippen LogP contribution in [-0.4, -0.2) is 19.7 Å². The topological polar surface area (TPSA) is 21.3 Å². The minimum absolute atomic E-state index is 0.618. The van der Waals surface area contributed by atoms with E-state index in [0.717, 1.165) is 26.3 Å². The summed E-state index contributed by atoms with van der Waals surface area (Å²) in [6.45, 7) is 10.4. The molecule has 0 aromatic heterocycles. The van der Waals surface area contributed by atoms with E-state index in [2.05, 4.69) is 50.4 Å². The van der Waals surface area contributed by atoms with E-state index in [-0.39, 0.29) is 0 Å². The molecule has 102 valence electrons. The van der Waals surface area contributed by atoms with Gasteiger partial charge in [0, 0.05) is 6.54 Å². The number of benzene rings is 1. The summed E-state index contributed by atoms with van der Waals surface area (Å²) in [7, 11) is 0. The van der Waals surface area contributed by atoms with Gasteiger partial charge in [0.05, 0.1) is 13.2 Å². The van der Waals surface area contributed by atoms with Crippen molar-refractivity contribution in [3.63, 3.8) is 0 Å². The summed E-state index contributed by atoms with van der Waals surface area (Å²) in [6, 6.07) is 10.4. The Balaban J connectivity index is 2.15. The first-order chi connectivity index (χ1) is 8.72. The van der Waals surface area contributed by atoms with Gasteiger partial charge in [-0.05, 0) is 30.4 Å². The Morgan fingerprint density at radius 1 is 1.11 bits per heavy atom. The predicted octanol–water partition coefficient (Wildman–Crippen LogP) is 3.48. The van der Waals surface area contributed by atoms with Crippen LogP contribution in [-0.2, 0) is 11.3 Å². The molecular formula is C16H27NO. The van der Waals surface area contributed by atoms with Crippen LogP contribution in [0.5, 0.6) is 0 Å². The average molecular weight is 249 g/mol. The zero-order valence-electron chi connectivity index (χ0n) is 12.0. The summed E-state index contributed by atoms with van der Waals surface area (Å²) in [6.07, 6.45) is 1.17. The van der Waals surface area contributed by atoms with Crippen molar-refractivity contribution in [3.8, 4) is 0 Å². The van der Waals surface area contributed by atoms with Crippen LogP contribution in [0.2, 0.25) is 0 Å². The van der Waals surface area contributed by atoms with Crippen molar-refractivity contribution in [2.75, 3.05) is 19.7 Å². The smallest absolute Gasteiger partial charge is 0.0717 e. The standard InChI is InChI=1S/C16H27NO/c1-4-15(11-17-10-14(2)3)12-18-13-16-8-6-5-7-9-16/h5-9,14-15,17H,4,10-13H2,1-3H3. The van der Waals surface area contributed by atoms with E-state index in [4.69, 9.17) is 4.74 Å². The molecule has 0 spiro atoms. The molecule has 1 rings (SSSR count). The van der Waals surface area contributed by atoms with Gasteiger partial charge in [0.25, 0.3) is 0 Å². The fourth-order valence-electron chi connectivity index (χ4n) is 1.81. The highest BCUT2D eigenvalue weighted by atomic mass is 16.5. The van der Waals surface area contributed by atoms with Crippen molar-refractivity contribution in [2.45, 2.75) is 33.8 Å². The van der Waals surface area contributed by atoms with E-state index in [1.54, 1.807) is 0 Å². The normalized spacial score (nSPS) is 12.9. The van der Waals surface area contributed by atoms with Gasteiger partial charge in [-0.15, -0.1) is 0 Å². The third-order valence-corrected chi connectivity index (χ3v) is 3.03. The Hall–Kier alpha value is -0.860. The van der Waals surface area contributed by atoms with Crippen molar-refractivity contribution in [1.82, 2.24) is 5.32 Å². The van der Waals surface area contributed by atoms with E-state index >= 15 is 0 Å². The molecule has 1 N–H and O–H groups in total. The van der Waals surface area contributed by atoms with Crippen molar-refractivity contribution >= 4 is 0 Å². The number of hydrogen-bond donors (Lipinski definition) is 1. The molecule has 2 heteroatoms. The van der Waals surface area contributed by atoms with Gasteiger partial charge >= 0.3 is 0 Å². The zero-order chi connectivity index (χ0) is 13.2. The van der Waals surface area contributed by atoms with E-state index in [1.165, 1.54) is 12.0 Å². The molecule has 0 heterocycles. The van der Waals surface area contributed by atoms with Crippen LogP contribution in [0.25, 0.3) is 0 Å². The van der Waals surface area contributed by atoms with Crippen LogP contribution in [0.4, 0.5) is 0 Å². The van der Waals surface area contributed by atoms with Gasteiger partial charge in [0.15, 0.2) is 0 Å². The Kier molecular flexibility index (Phi) is 7.70. The van der Waals surface area contributed by atoms with Gasteiger partial charge in [0.2, 0.25) is 0 Å². The van der Waals surface area contributed by atoms with Crippen LogP contribution in [0, 0.1) is 11.8 Å². The highest BCUT2D eigenvalue weighted by Crippen LogP contribution is 2.06. The molecule has 18 heavy (non-hydrogen) atoms. The Bertz CT molecular complexity index is 297. The second-order valence-electron chi connectivity index (χ2n) is 5.33. The van der Waals surface area contributed by atoms with E-state index in [0.29, 0.717) is 11.8 Å². The van der Waals surface area contributed by atoms with Gasteiger partial charge in [-0.25, -0.2) is 0 Å². The van der Waals surface area contributed by atoms with Crippen LogP contribution in [0.15, 0.2) is 30.3 Å². The highest BCUT2D eigenvalue weighted by molar-refractivity contribution is 5.13. The van der Waals surface area contributed by atoms with E-state index in [9.17, 15) is 0 Å². The van der Waals surface area contributed by atoms with Gasteiger partial charge in [0.1, 0.15) is 0 Å². The van der Waals surface area contributed by atoms with Gasteiger partial charge in [-0.1, -0.05) is 51.1 Å². The number of rotatable bonds is 9. The monoisotopic (exact) mass is 249 g/mol. The highest BCUT2D eigenvalue weighted by Gasteiger charge is 2.06. The fraction of sp³-hybridized carbons (Fsp3) is 0.625. The molecular weight excluding hydrogens is 222 g/mol. The maximum Gasteiger partial charge on any atom is 0.0717 e. The summed E-state index contributed by atoms with van der Waals surface area (Å²) in [5.74, 6) is 1.33. The van der Waals surface area contributed by atoms with Crippen molar-refractivity contribution in [2.24, 2.45) is 11.8 Å². The van der Waals surface area contributed by atoms with Gasteiger partial charge < -0.3 is 10.1 Å². The predicted molar refractivity (Wildman–Crippen MR) is 77.6 cm³/mol. The van der Waals surface area contributed by atoms with Crippen molar-refractivity contribution in [3.05, 3.63) is 35.9 Å². The SMILES string of the molecule is CCC(CNCC(C)C)COCc1ccccc1. The van der Waals surface area contributed by atoms with Crippen LogP contribution in [0.1, 0.15) is 32.8 Å². The van der Waals surface area contributed by atoms with E-state index < -0.39 is 0 Å². The second kappa shape index (κ2) is 9.12. The molecule has 0 aliphatic rings. The quantitative estimate of drug-likeness (QED) is 0.723. The molecule has 2 nitrogen and oxygen atoms in total. The number of ether oxygens (including phenoxy) is 1. The Morgan fingerprint density at radius 3 is 2.44 bits per heavy atom. The second-order valence-corrected chi connectivity index (χ2v) is 5.33. The van der Waals surface area contributed by atoms with Gasteiger partial charge in [-0.3, -0.25) is 0 Å². The average Bonchev–Trinajstić information content (AvgIpc) is 2.38. The largest absolute Gasteiger partial charge is 0.376 e. The molecule has 0 saturated carbocycles. The lowest BCUT2D eigenvalue weighted by Gasteiger charge is -2.17. The first-order valence-electron chi connectivity index (χ1n) is 7.04. The first-order valence-corrected chi connectivity index (χ1v) is 7.04. The fourth-order valence-corrected chi connectivity index (χ4v) is 1.81. The summed E-state index contributed by atoms with van der Waals surface area (Å²) in [5.41, 5.74) is 1.25. The molecule has 0 radical (unpaired) electrons. The molecule has 0 fully saturated rings. The molecule has 1 aromatic rings. The van der Waals surface area contributed by atoms with Crippen molar-refractivity contribution < 1.29 is 4.74 Å². The first kappa shape index (κ1) is 15.2. The third-order valence-electron chi connectivity index (χ3n) is 3.03. The molecule has 1 unspecified atom stereocenters. The lowest BCUT2D eigenvalue weighted by Crippen LogP contribution is -2.28. The number of nitrogens with one attached hydrogen (secondary N) is 1. The maximum atomic E-state index is 5.79. The molecule has 0 bridgehead atoms. The summed E-state index contributed by atoms with van der Waals surface area (Å²) >= 11 is 0. The summed E-state index contributed by atoms with van der Waals surface area (Å²) < 4.78 is 5.79. The van der Waals surface area contributed by atoms with E-state index in [1.807, 2.05) is 6.07 Å². The molecule has 0 saturated heterocycles. The molecule has 1 atom stereocenters. The lowest BCUT2D eigenvalue weighted by molar-refractivity contribution is 0.0850. The minimum atomic E-state index is 0.618. The van der Waals surface area contributed by atoms with Crippen LogP contribution < -0.4 is 5.32 Å². The maximum absolute atomic E-state index is 5.79. The van der Waals surface area contributed by atoms with Crippen LogP contribution >= 0.6 is 0 Å². The zero-order valence-corrected chi connectivity index (χ0v) is 12.0. The van der Waals surface area contributed by atoms with Gasteiger partial charge in [-0.2, -0.15) is 0 Å². The molecule has 0 amide bonds. The molecule has 0 aliphatic heterocycles.